The van der Waals surface area contributed by atoms with Gasteiger partial charge in [-0.3, -0.25) is 9.69 Å². The third kappa shape index (κ3) is 5.64. The van der Waals surface area contributed by atoms with Crippen LogP contribution in [0.5, 0.6) is 5.75 Å². The van der Waals surface area contributed by atoms with Crippen LogP contribution in [0.15, 0.2) is 66.7 Å². The lowest BCUT2D eigenvalue weighted by atomic mass is 9.98. The number of nitrogens with zero attached hydrogens (tertiary/aromatic N) is 1. The molecule has 0 atom stereocenters. The normalized spacial score (nSPS) is 15.8. The average Bonchev–Trinajstić information content (AvgIpc) is 2.90. The molecule has 2 heterocycles. The van der Waals surface area contributed by atoms with Crippen LogP contribution in [0, 0.1) is 6.92 Å². The number of nitrogens with one attached hydrogen (secondary N) is 1. The van der Waals surface area contributed by atoms with Gasteiger partial charge in [0.15, 0.2) is 0 Å². The topological polar surface area (TPSA) is 50.8 Å². The highest BCUT2D eigenvalue weighted by Crippen LogP contribution is 2.31. The number of aryl methyl sites for hydroxylation is 1. The Kier molecular flexibility index (Phi) is 6.98. The van der Waals surface area contributed by atoms with E-state index in [-0.39, 0.29) is 5.91 Å². The van der Waals surface area contributed by atoms with E-state index < -0.39 is 0 Å². The number of hydrogen-bond acceptors (Lipinski definition) is 4. The van der Waals surface area contributed by atoms with Crippen molar-refractivity contribution in [1.29, 1.82) is 0 Å². The summed E-state index contributed by atoms with van der Waals surface area (Å²) in [5.74, 6) is 0.672. The lowest BCUT2D eigenvalue weighted by Crippen LogP contribution is -2.36. The Balaban J connectivity index is 1.24. The Bertz CT molecular complexity index is 1210. The maximum atomic E-state index is 13.0. The van der Waals surface area contributed by atoms with Gasteiger partial charge in [-0.1, -0.05) is 42.0 Å². The zero-order chi connectivity index (χ0) is 24.2. The Hall–Kier alpha value is -3.41. The first-order valence-corrected chi connectivity index (χ1v) is 12.3. The van der Waals surface area contributed by atoms with Gasteiger partial charge < -0.3 is 14.8 Å². The van der Waals surface area contributed by atoms with Crippen molar-refractivity contribution >= 4 is 23.2 Å². The van der Waals surface area contributed by atoms with Crippen molar-refractivity contribution in [3.05, 3.63) is 94.5 Å². The lowest BCUT2D eigenvalue weighted by molar-refractivity contribution is 0.0407. The molecule has 35 heavy (non-hydrogen) atoms. The summed E-state index contributed by atoms with van der Waals surface area (Å²) in [7, 11) is 2.17. The minimum Gasteiger partial charge on any atom is -0.488 e. The Morgan fingerprint density at radius 1 is 1.00 bits per heavy atom. The Labute approximate surface area is 207 Å². The van der Waals surface area contributed by atoms with Gasteiger partial charge in [0.05, 0.1) is 0 Å². The Morgan fingerprint density at radius 2 is 1.74 bits per heavy atom. The molecule has 2 aliphatic rings. The smallest absolute Gasteiger partial charge is 0.255 e. The van der Waals surface area contributed by atoms with Gasteiger partial charge in [-0.25, -0.2) is 0 Å². The fraction of sp³-hybridized carbons (Fsp3) is 0.300. The second kappa shape index (κ2) is 10.5. The van der Waals surface area contributed by atoms with E-state index in [1.54, 1.807) is 0 Å². The molecule has 3 aromatic rings. The van der Waals surface area contributed by atoms with Crippen LogP contribution >= 0.6 is 0 Å². The molecule has 5 heteroatoms. The largest absolute Gasteiger partial charge is 0.488 e. The number of fused-ring (bicyclic) bond motifs is 1. The van der Waals surface area contributed by atoms with Gasteiger partial charge in [-0.15, -0.1) is 0 Å². The van der Waals surface area contributed by atoms with Crippen molar-refractivity contribution in [2.45, 2.75) is 32.4 Å². The summed E-state index contributed by atoms with van der Waals surface area (Å²) < 4.78 is 11.4. The van der Waals surface area contributed by atoms with E-state index in [0.29, 0.717) is 18.2 Å². The zero-order valence-electron chi connectivity index (χ0n) is 20.4. The number of carbonyl (C=O) groups excluding carboxylic acids is 1. The molecule has 0 aliphatic carbocycles. The summed E-state index contributed by atoms with van der Waals surface area (Å²) in [4.78, 5) is 15.4. The highest BCUT2D eigenvalue weighted by Gasteiger charge is 2.19. The second-order valence-corrected chi connectivity index (χ2v) is 9.49. The SMILES string of the molecule is Cc1ccc(C2=Cc3cc(C(=O)Nc4ccc(CN(C)C5CCOCC5)cc4)ccc3OC2)cc1. The van der Waals surface area contributed by atoms with Crippen LogP contribution in [0.4, 0.5) is 5.69 Å². The van der Waals surface area contributed by atoms with Crippen molar-refractivity contribution in [3.63, 3.8) is 0 Å². The molecule has 0 radical (unpaired) electrons. The molecule has 180 valence electrons. The zero-order valence-corrected chi connectivity index (χ0v) is 20.4. The maximum absolute atomic E-state index is 13.0. The summed E-state index contributed by atoms with van der Waals surface area (Å²) in [6, 6.07) is 22.7. The highest BCUT2D eigenvalue weighted by atomic mass is 16.5. The van der Waals surface area contributed by atoms with E-state index in [4.69, 9.17) is 9.47 Å². The summed E-state index contributed by atoms with van der Waals surface area (Å²) in [6.45, 7) is 5.18. The predicted octanol–water partition coefficient (Wildman–Crippen LogP) is 5.79. The van der Waals surface area contributed by atoms with Gasteiger partial charge in [0.1, 0.15) is 12.4 Å². The first-order chi connectivity index (χ1) is 17.0. The number of amides is 1. The molecule has 2 aliphatic heterocycles. The van der Waals surface area contributed by atoms with E-state index in [1.165, 1.54) is 11.1 Å². The average molecular weight is 469 g/mol. The molecule has 5 nitrogen and oxygen atoms in total. The van der Waals surface area contributed by atoms with Crippen molar-refractivity contribution in [2.75, 3.05) is 32.2 Å². The van der Waals surface area contributed by atoms with Crippen LogP contribution in [0.2, 0.25) is 0 Å². The van der Waals surface area contributed by atoms with E-state index in [2.05, 4.69) is 66.7 Å². The summed E-state index contributed by atoms with van der Waals surface area (Å²) in [5, 5.41) is 3.03. The summed E-state index contributed by atoms with van der Waals surface area (Å²) >= 11 is 0. The third-order valence-electron chi connectivity index (χ3n) is 6.87. The molecule has 0 bridgehead atoms. The van der Waals surface area contributed by atoms with E-state index >= 15 is 0 Å². The molecule has 1 amide bonds. The standard InChI is InChI=1S/C30H32N2O3/c1-21-3-7-23(8-4-21)26-18-25-17-24(9-12-29(25)35-20-26)30(33)31-27-10-5-22(6-11-27)19-32(2)28-13-15-34-16-14-28/h3-12,17-18,28H,13-16,19-20H2,1-2H3,(H,31,33). The number of carbonyl (C=O) groups is 1. The second-order valence-electron chi connectivity index (χ2n) is 9.49. The number of benzene rings is 3. The quantitative estimate of drug-likeness (QED) is 0.497. The van der Waals surface area contributed by atoms with E-state index in [1.807, 2.05) is 30.3 Å². The lowest BCUT2D eigenvalue weighted by Gasteiger charge is -2.31. The van der Waals surface area contributed by atoms with Crippen molar-refractivity contribution in [3.8, 4) is 5.75 Å². The fourth-order valence-corrected chi connectivity index (χ4v) is 4.69. The molecule has 0 spiro atoms. The summed E-state index contributed by atoms with van der Waals surface area (Å²) in [6.07, 6.45) is 4.28. The number of hydrogen-bond donors (Lipinski definition) is 1. The van der Waals surface area contributed by atoms with Gasteiger partial charge in [0, 0.05) is 42.6 Å². The number of anilines is 1. The number of ether oxygens (including phenoxy) is 2. The third-order valence-corrected chi connectivity index (χ3v) is 6.87. The molecule has 0 aromatic heterocycles. The molecule has 1 saturated heterocycles. The Morgan fingerprint density at radius 3 is 2.49 bits per heavy atom. The minimum absolute atomic E-state index is 0.129. The van der Waals surface area contributed by atoms with E-state index in [0.717, 1.165) is 60.7 Å². The van der Waals surface area contributed by atoms with Crippen molar-refractivity contribution in [2.24, 2.45) is 0 Å². The molecule has 0 saturated carbocycles. The number of rotatable bonds is 6. The van der Waals surface area contributed by atoms with E-state index in [9.17, 15) is 4.79 Å². The van der Waals surface area contributed by atoms with Crippen LogP contribution < -0.4 is 10.1 Å². The van der Waals surface area contributed by atoms with Crippen LogP contribution in [-0.4, -0.2) is 43.7 Å². The van der Waals surface area contributed by atoms with Crippen LogP contribution in [0.1, 0.15) is 45.5 Å². The van der Waals surface area contributed by atoms with Crippen LogP contribution in [0.25, 0.3) is 11.6 Å². The van der Waals surface area contributed by atoms with Crippen molar-refractivity contribution in [1.82, 2.24) is 4.90 Å². The molecule has 1 N–H and O–H groups in total. The molecular formula is C30H32N2O3. The van der Waals surface area contributed by atoms with Gasteiger partial charge >= 0.3 is 0 Å². The van der Waals surface area contributed by atoms with Gasteiger partial charge in [0.2, 0.25) is 0 Å². The minimum atomic E-state index is -0.129. The molecule has 1 fully saturated rings. The molecule has 5 rings (SSSR count). The van der Waals surface area contributed by atoms with Gasteiger partial charge in [-0.05, 0) is 79.9 Å². The first-order valence-electron chi connectivity index (χ1n) is 12.3. The van der Waals surface area contributed by atoms with Crippen molar-refractivity contribution < 1.29 is 14.3 Å². The predicted molar refractivity (Wildman–Crippen MR) is 141 cm³/mol. The van der Waals surface area contributed by atoms with Gasteiger partial charge in [-0.2, -0.15) is 0 Å². The molecule has 3 aromatic carbocycles. The molecular weight excluding hydrogens is 436 g/mol. The molecule has 0 unspecified atom stereocenters. The summed E-state index contributed by atoms with van der Waals surface area (Å²) in [5.41, 5.74) is 7.02. The van der Waals surface area contributed by atoms with Crippen LogP contribution in [0.3, 0.4) is 0 Å². The highest BCUT2D eigenvalue weighted by molar-refractivity contribution is 6.05. The van der Waals surface area contributed by atoms with Gasteiger partial charge in [0.25, 0.3) is 5.91 Å². The monoisotopic (exact) mass is 468 g/mol. The maximum Gasteiger partial charge on any atom is 0.255 e. The van der Waals surface area contributed by atoms with Crippen LogP contribution in [-0.2, 0) is 11.3 Å². The fourth-order valence-electron chi connectivity index (χ4n) is 4.69. The first kappa shape index (κ1) is 23.3.